The fourth-order valence-corrected chi connectivity index (χ4v) is 2.76. The lowest BCUT2D eigenvalue weighted by Gasteiger charge is -2.11. The Morgan fingerprint density at radius 1 is 1.17 bits per heavy atom. The van der Waals surface area contributed by atoms with E-state index in [0.29, 0.717) is 23.6 Å². The lowest BCUT2D eigenvalue weighted by molar-refractivity contribution is -0.118. The number of aryl methyl sites for hydroxylation is 1. The van der Waals surface area contributed by atoms with Gasteiger partial charge in [0.1, 0.15) is 17.3 Å². The van der Waals surface area contributed by atoms with Crippen LogP contribution in [0.2, 0.25) is 5.02 Å². The smallest absolute Gasteiger partial charge is 0.138 e. The monoisotopic (exact) mass is 339 g/mol. The molecule has 0 atom stereocenters. The maximum absolute atomic E-state index is 11.6. The van der Waals surface area contributed by atoms with Crippen LogP contribution in [0.1, 0.15) is 24.5 Å². The number of fused-ring (bicyclic) bond motifs is 1. The Bertz CT molecular complexity index is 905. The standard InChI is InChI=1S/C20H18ClNO2/c1-3-15(23)11-14-5-6-16(12-18(14)21)24-20-8-9-22-19-10-13(2)4-7-17(19)20/h4-10,12H,3,11H2,1-2H3. The van der Waals surface area contributed by atoms with Crippen molar-refractivity contribution in [1.82, 2.24) is 4.98 Å². The zero-order chi connectivity index (χ0) is 17.1. The maximum Gasteiger partial charge on any atom is 0.138 e. The molecule has 3 nitrogen and oxygen atoms in total. The molecule has 0 spiro atoms. The third kappa shape index (κ3) is 3.57. The number of hydrogen-bond acceptors (Lipinski definition) is 3. The van der Waals surface area contributed by atoms with E-state index in [9.17, 15) is 4.79 Å². The topological polar surface area (TPSA) is 39.2 Å². The molecule has 4 heteroatoms. The van der Waals surface area contributed by atoms with E-state index in [1.807, 2.05) is 50.2 Å². The molecule has 0 saturated carbocycles. The van der Waals surface area contributed by atoms with Crippen LogP contribution in [-0.4, -0.2) is 10.8 Å². The van der Waals surface area contributed by atoms with Crippen molar-refractivity contribution in [2.45, 2.75) is 26.7 Å². The predicted octanol–water partition coefficient (Wildman–Crippen LogP) is 5.51. The zero-order valence-corrected chi connectivity index (χ0v) is 14.4. The number of halogens is 1. The van der Waals surface area contributed by atoms with Gasteiger partial charge in [-0.2, -0.15) is 0 Å². The Balaban J connectivity index is 1.89. The number of aromatic nitrogens is 1. The molecule has 3 aromatic rings. The van der Waals surface area contributed by atoms with Gasteiger partial charge in [-0.1, -0.05) is 30.7 Å². The van der Waals surface area contributed by atoms with E-state index in [0.717, 1.165) is 27.8 Å². The number of ketones is 1. The second-order valence-electron chi connectivity index (χ2n) is 5.75. The van der Waals surface area contributed by atoms with Gasteiger partial charge in [-0.15, -0.1) is 0 Å². The van der Waals surface area contributed by atoms with Crippen LogP contribution in [0.4, 0.5) is 0 Å². The highest BCUT2D eigenvalue weighted by Gasteiger charge is 2.09. The van der Waals surface area contributed by atoms with Gasteiger partial charge in [0, 0.05) is 29.4 Å². The Labute approximate surface area is 146 Å². The number of ether oxygens (including phenoxy) is 1. The number of hydrogen-bond donors (Lipinski definition) is 0. The summed E-state index contributed by atoms with van der Waals surface area (Å²) in [6.07, 6.45) is 2.59. The normalized spacial score (nSPS) is 10.8. The first kappa shape index (κ1) is 16.5. The summed E-state index contributed by atoms with van der Waals surface area (Å²) in [5, 5.41) is 1.49. The molecule has 0 amide bonds. The molecule has 0 bridgehead atoms. The van der Waals surface area contributed by atoms with Gasteiger partial charge in [-0.05, 0) is 48.4 Å². The van der Waals surface area contributed by atoms with Gasteiger partial charge in [-0.25, -0.2) is 0 Å². The molecule has 1 aromatic heterocycles. The number of pyridine rings is 1. The van der Waals surface area contributed by atoms with E-state index in [1.165, 1.54) is 0 Å². The fourth-order valence-electron chi connectivity index (χ4n) is 2.52. The summed E-state index contributed by atoms with van der Waals surface area (Å²) >= 11 is 6.29. The summed E-state index contributed by atoms with van der Waals surface area (Å²) in [5.41, 5.74) is 2.87. The van der Waals surface area contributed by atoms with Crippen molar-refractivity contribution in [3.8, 4) is 11.5 Å². The van der Waals surface area contributed by atoms with E-state index >= 15 is 0 Å². The first-order valence-corrected chi connectivity index (χ1v) is 8.28. The highest BCUT2D eigenvalue weighted by Crippen LogP contribution is 2.31. The molecule has 0 saturated heterocycles. The number of carbonyl (C=O) groups is 1. The second kappa shape index (κ2) is 7.02. The molecule has 0 aliphatic carbocycles. The Morgan fingerprint density at radius 3 is 2.75 bits per heavy atom. The highest BCUT2D eigenvalue weighted by atomic mass is 35.5. The second-order valence-corrected chi connectivity index (χ2v) is 6.16. The number of nitrogens with zero attached hydrogens (tertiary/aromatic N) is 1. The number of carbonyl (C=O) groups excluding carboxylic acids is 1. The Morgan fingerprint density at radius 2 is 2.00 bits per heavy atom. The van der Waals surface area contributed by atoms with Crippen LogP contribution >= 0.6 is 11.6 Å². The van der Waals surface area contributed by atoms with Crippen LogP contribution in [0.25, 0.3) is 10.9 Å². The summed E-state index contributed by atoms with van der Waals surface area (Å²) in [6, 6.07) is 13.3. The number of Topliss-reactive ketones (excluding diaryl/α,β-unsaturated/α-hetero) is 1. The van der Waals surface area contributed by atoms with Gasteiger partial charge in [0.2, 0.25) is 0 Å². The molecule has 0 unspecified atom stereocenters. The van der Waals surface area contributed by atoms with Crippen molar-refractivity contribution in [2.24, 2.45) is 0 Å². The summed E-state index contributed by atoms with van der Waals surface area (Å²) in [4.78, 5) is 16.0. The average Bonchev–Trinajstić information content (AvgIpc) is 2.57. The lowest BCUT2D eigenvalue weighted by Crippen LogP contribution is -2.01. The van der Waals surface area contributed by atoms with E-state index in [4.69, 9.17) is 16.3 Å². The van der Waals surface area contributed by atoms with Crippen LogP contribution < -0.4 is 4.74 Å². The van der Waals surface area contributed by atoms with Gasteiger partial charge in [-0.3, -0.25) is 9.78 Å². The third-order valence-corrected chi connectivity index (χ3v) is 4.24. The minimum Gasteiger partial charge on any atom is -0.457 e. The van der Waals surface area contributed by atoms with Crippen LogP contribution in [0.5, 0.6) is 11.5 Å². The first-order valence-electron chi connectivity index (χ1n) is 7.90. The van der Waals surface area contributed by atoms with Gasteiger partial charge in [0.05, 0.1) is 5.52 Å². The molecule has 2 aromatic carbocycles. The van der Waals surface area contributed by atoms with E-state index in [2.05, 4.69) is 4.98 Å². The van der Waals surface area contributed by atoms with Gasteiger partial charge in [0.25, 0.3) is 0 Å². The third-order valence-electron chi connectivity index (χ3n) is 3.89. The predicted molar refractivity (Wildman–Crippen MR) is 97.0 cm³/mol. The zero-order valence-electron chi connectivity index (χ0n) is 13.7. The van der Waals surface area contributed by atoms with Crippen molar-refractivity contribution in [3.05, 3.63) is 64.8 Å². The molecule has 0 aliphatic rings. The van der Waals surface area contributed by atoms with Gasteiger partial charge < -0.3 is 4.74 Å². The molecule has 3 rings (SSSR count). The summed E-state index contributed by atoms with van der Waals surface area (Å²) < 4.78 is 5.99. The molecular weight excluding hydrogens is 322 g/mol. The first-order chi connectivity index (χ1) is 11.6. The molecular formula is C20H18ClNO2. The average molecular weight is 340 g/mol. The molecule has 0 radical (unpaired) electrons. The van der Waals surface area contributed by atoms with Gasteiger partial charge >= 0.3 is 0 Å². The van der Waals surface area contributed by atoms with Crippen molar-refractivity contribution in [3.63, 3.8) is 0 Å². The minimum absolute atomic E-state index is 0.168. The largest absolute Gasteiger partial charge is 0.457 e. The number of rotatable bonds is 5. The summed E-state index contributed by atoms with van der Waals surface area (Å²) in [5.74, 6) is 1.54. The van der Waals surface area contributed by atoms with Crippen LogP contribution in [0.15, 0.2) is 48.7 Å². The summed E-state index contributed by atoms with van der Waals surface area (Å²) in [6.45, 7) is 3.88. The molecule has 122 valence electrons. The minimum atomic E-state index is 0.168. The van der Waals surface area contributed by atoms with Crippen LogP contribution in [-0.2, 0) is 11.2 Å². The molecule has 1 heterocycles. The molecule has 0 N–H and O–H groups in total. The maximum atomic E-state index is 11.6. The Hall–Kier alpha value is -2.39. The van der Waals surface area contributed by atoms with E-state index < -0.39 is 0 Å². The number of benzene rings is 2. The van der Waals surface area contributed by atoms with E-state index in [-0.39, 0.29) is 5.78 Å². The highest BCUT2D eigenvalue weighted by molar-refractivity contribution is 6.31. The molecule has 24 heavy (non-hydrogen) atoms. The van der Waals surface area contributed by atoms with Crippen molar-refractivity contribution in [2.75, 3.05) is 0 Å². The lowest BCUT2D eigenvalue weighted by atomic mass is 10.1. The molecule has 0 fully saturated rings. The van der Waals surface area contributed by atoms with E-state index in [1.54, 1.807) is 12.3 Å². The Kier molecular flexibility index (Phi) is 4.81. The van der Waals surface area contributed by atoms with Crippen molar-refractivity contribution < 1.29 is 9.53 Å². The molecule has 0 aliphatic heterocycles. The van der Waals surface area contributed by atoms with Gasteiger partial charge in [0.15, 0.2) is 0 Å². The van der Waals surface area contributed by atoms with Crippen molar-refractivity contribution >= 4 is 28.3 Å². The fraction of sp³-hybridized carbons (Fsp3) is 0.200. The van der Waals surface area contributed by atoms with Crippen LogP contribution in [0.3, 0.4) is 0 Å². The van der Waals surface area contributed by atoms with Crippen LogP contribution in [0, 0.1) is 6.92 Å². The quantitative estimate of drug-likeness (QED) is 0.615. The summed E-state index contributed by atoms with van der Waals surface area (Å²) in [7, 11) is 0. The van der Waals surface area contributed by atoms with Crippen molar-refractivity contribution in [1.29, 1.82) is 0 Å². The SMILES string of the molecule is CCC(=O)Cc1ccc(Oc2ccnc3cc(C)ccc23)cc1Cl.